The molecule has 0 heterocycles. The van der Waals surface area contributed by atoms with Crippen LogP contribution in [0.25, 0.3) is 0 Å². The Hall–Kier alpha value is -1.35. The Balaban J connectivity index is 2.27. The van der Waals surface area contributed by atoms with Gasteiger partial charge in [-0.3, -0.25) is 4.79 Å². The number of hydrogen-bond donors (Lipinski definition) is 2. The third-order valence-electron chi connectivity index (χ3n) is 2.75. The van der Waals surface area contributed by atoms with Gasteiger partial charge in [-0.25, -0.2) is 0 Å². The van der Waals surface area contributed by atoms with Crippen LogP contribution in [0.15, 0.2) is 24.3 Å². The van der Waals surface area contributed by atoms with Crippen molar-refractivity contribution in [1.82, 2.24) is 10.6 Å². The number of hydrogen-bond acceptors (Lipinski definition) is 2. The summed E-state index contributed by atoms with van der Waals surface area (Å²) in [6, 6.07) is 8.38. The third-order valence-corrected chi connectivity index (χ3v) is 2.75. The van der Waals surface area contributed by atoms with Gasteiger partial charge < -0.3 is 10.6 Å². The van der Waals surface area contributed by atoms with Crippen molar-refractivity contribution < 1.29 is 4.79 Å². The summed E-state index contributed by atoms with van der Waals surface area (Å²) in [7, 11) is 1.90. The molecular formula is C14H22N2O. The standard InChI is InChI=1S/C14H22N2O/c1-3-12-6-8-13(9-7-12)11-16-14(17)5-4-10-15-2/h6-9,15H,3-5,10-11H2,1-2H3,(H,16,17). The highest BCUT2D eigenvalue weighted by molar-refractivity contribution is 5.75. The maximum Gasteiger partial charge on any atom is 0.220 e. The molecule has 0 aliphatic carbocycles. The molecule has 0 fully saturated rings. The number of nitrogens with one attached hydrogen (secondary N) is 2. The molecule has 0 saturated heterocycles. The summed E-state index contributed by atoms with van der Waals surface area (Å²) >= 11 is 0. The molecule has 0 aromatic heterocycles. The fraction of sp³-hybridized carbons (Fsp3) is 0.500. The Bertz CT molecular complexity index is 333. The SMILES string of the molecule is CCc1ccc(CNC(=O)CCCNC)cc1. The lowest BCUT2D eigenvalue weighted by Crippen LogP contribution is -2.23. The third kappa shape index (κ3) is 5.50. The minimum atomic E-state index is 0.125. The second-order valence-electron chi connectivity index (χ2n) is 4.15. The van der Waals surface area contributed by atoms with Crippen LogP contribution in [0.4, 0.5) is 0 Å². The predicted molar refractivity (Wildman–Crippen MR) is 70.8 cm³/mol. The van der Waals surface area contributed by atoms with Crippen LogP contribution >= 0.6 is 0 Å². The maximum absolute atomic E-state index is 11.5. The molecule has 1 rings (SSSR count). The monoisotopic (exact) mass is 234 g/mol. The molecule has 1 aromatic rings. The van der Waals surface area contributed by atoms with E-state index >= 15 is 0 Å². The molecular weight excluding hydrogens is 212 g/mol. The highest BCUT2D eigenvalue weighted by Gasteiger charge is 2.00. The van der Waals surface area contributed by atoms with E-state index in [1.807, 2.05) is 7.05 Å². The van der Waals surface area contributed by atoms with E-state index in [4.69, 9.17) is 0 Å². The molecule has 2 N–H and O–H groups in total. The van der Waals surface area contributed by atoms with E-state index in [2.05, 4.69) is 41.8 Å². The van der Waals surface area contributed by atoms with Crippen LogP contribution in [0, 0.1) is 0 Å². The fourth-order valence-corrected chi connectivity index (χ4v) is 1.61. The van der Waals surface area contributed by atoms with Crippen molar-refractivity contribution in [3.8, 4) is 0 Å². The molecule has 0 spiro atoms. The molecule has 17 heavy (non-hydrogen) atoms. The summed E-state index contributed by atoms with van der Waals surface area (Å²) in [4.78, 5) is 11.5. The normalized spacial score (nSPS) is 10.2. The first-order valence-electron chi connectivity index (χ1n) is 6.25. The van der Waals surface area contributed by atoms with Crippen molar-refractivity contribution in [3.05, 3.63) is 35.4 Å². The number of rotatable bonds is 7. The summed E-state index contributed by atoms with van der Waals surface area (Å²) in [6.07, 6.45) is 2.53. The van der Waals surface area contributed by atoms with Crippen molar-refractivity contribution in [3.63, 3.8) is 0 Å². The van der Waals surface area contributed by atoms with Gasteiger partial charge in [0.25, 0.3) is 0 Å². The number of carbonyl (C=O) groups is 1. The average molecular weight is 234 g/mol. The summed E-state index contributed by atoms with van der Waals surface area (Å²) in [5, 5.41) is 5.96. The van der Waals surface area contributed by atoms with E-state index in [0.717, 1.165) is 24.9 Å². The van der Waals surface area contributed by atoms with E-state index in [-0.39, 0.29) is 5.91 Å². The summed E-state index contributed by atoms with van der Waals surface area (Å²) < 4.78 is 0. The molecule has 0 bridgehead atoms. The van der Waals surface area contributed by atoms with E-state index in [1.54, 1.807) is 0 Å². The number of amides is 1. The van der Waals surface area contributed by atoms with Gasteiger partial charge in [0.15, 0.2) is 0 Å². The van der Waals surface area contributed by atoms with Crippen LogP contribution in [-0.2, 0) is 17.8 Å². The molecule has 0 radical (unpaired) electrons. The Kier molecular flexibility index (Phi) is 6.33. The molecule has 3 nitrogen and oxygen atoms in total. The number of aryl methyl sites for hydroxylation is 1. The van der Waals surface area contributed by atoms with Gasteiger partial charge in [0.2, 0.25) is 5.91 Å². The van der Waals surface area contributed by atoms with E-state index in [9.17, 15) is 4.79 Å². The van der Waals surface area contributed by atoms with Gasteiger partial charge >= 0.3 is 0 Å². The molecule has 0 atom stereocenters. The van der Waals surface area contributed by atoms with E-state index < -0.39 is 0 Å². The van der Waals surface area contributed by atoms with Crippen molar-refractivity contribution >= 4 is 5.91 Å². The molecule has 1 amide bonds. The maximum atomic E-state index is 11.5. The Morgan fingerprint density at radius 2 is 1.82 bits per heavy atom. The van der Waals surface area contributed by atoms with Crippen LogP contribution < -0.4 is 10.6 Å². The Morgan fingerprint density at radius 1 is 1.18 bits per heavy atom. The molecule has 0 aliphatic heterocycles. The largest absolute Gasteiger partial charge is 0.352 e. The lowest BCUT2D eigenvalue weighted by Gasteiger charge is -2.06. The van der Waals surface area contributed by atoms with E-state index in [0.29, 0.717) is 13.0 Å². The van der Waals surface area contributed by atoms with Crippen LogP contribution in [0.5, 0.6) is 0 Å². The summed E-state index contributed by atoms with van der Waals surface area (Å²) in [5.41, 5.74) is 2.48. The second kappa shape index (κ2) is 7.85. The van der Waals surface area contributed by atoms with Gasteiger partial charge in [0.1, 0.15) is 0 Å². The Labute approximate surface area is 104 Å². The first-order valence-corrected chi connectivity index (χ1v) is 6.25. The van der Waals surface area contributed by atoms with Gasteiger partial charge in [0, 0.05) is 13.0 Å². The zero-order valence-corrected chi connectivity index (χ0v) is 10.8. The second-order valence-corrected chi connectivity index (χ2v) is 4.15. The topological polar surface area (TPSA) is 41.1 Å². The lowest BCUT2D eigenvalue weighted by atomic mass is 10.1. The molecule has 94 valence electrons. The number of benzene rings is 1. The first kappa shape index (κ1) is 13.7. The quantitative estimate of drug-likeness (QED) is 0.707. The Morgan fingerprint density at radius 3 is 2.41 bits per heavy atom. The summed E-state index contributed by atoms with van der Waals surface area (Å²) in [5.74, 6) is 0.125. The molecule has 0 unspecified atom stereocenters. The van der Waals surface area contributed by atoms with E-state index in [1.165, 1.54) is 5.56 Å². The first-order chi connectivity index (χ1) is 8.26. The van der Waals surface area contributed by atoms with Crippen LogP contribution in [0.1, 0.15) is 30.9 Å². The molecule has 1 aromatic carbocycles. The molecule has 0 saturated carbocycles. The van der Waals surface area contributed by atoms with Gasteiger partial charge in [-0.15, -0.1) is 0 Å². The highest BCUT2D eigenvalue weighted by Crippen LogP contribution is 2.04. The van der Waals surface area contributed by atoms with Crippen LogP contribution in [-0.4, -0.2) is 19.5 Å². The highest BCUT2D eigenvalue weighted by atomic mass is 16.1. The van der Waals surface area contributed by atoms with Gasteiger partial charge in [0.05, 0.1) is 0 Å². The smallest absolute Gasteiger partial charge is 0.220 e. The van der Waals surface area contributed by atoms with Crippen LogP contribution in [0.2, 0.25) is 0 Å². The molecule has 3 heteroatoms. The van der Waals surface area contributed by atoms with Gasteiger partial charge in [-0.1, -0.05) is 31.2 Å². The van der Waals surface area contributed by atoms with Gasteiger partial charge in [-0.05, 0) is 37.6 Å². The minimum Gasteiger partial charge on any atom is -0.352 e. The number of carbonyl (C=O) groups excluding carboxylic acids is 1. The van der Waals surface area contributed by atoms with Gasteiger partial charge in [-0.2, -0.15) is 0 Å². The average Bonchev–Trinajstić information content (AvgIpc) is 2.37. The zero-order valence-electron chi connectivity index (χ0n) is 10.8. The lowest BCUT2D eigenvalue weighted by molar-refractivity contribution is -0.121. The van der Waals surface area contributed by atoms with Crippen molar-refractivity contribution in [2.75, 3.05) is 13.6 Å². The van der Waals surface area contributed by atoms with Crippen molar-refractivity contribution in [2.45, 2.75) is 32.7 Å². The summed E-state index contributed by atoms with van der Waals surface area (Å²) in [6.45, 7) is 3.65. The molecule has 0 aliphatic rings. The fourth-order valence-electron chi connectivity index (χ4n) is 1.61. The van der Waals surface area contributed by atoms with Crippen molar-refractivity contribution in [2.24, 2.45) is 0 Å². The minimum absolute atomic E-state index is 0.125. The van der Waals surface area contributed by atoms with Crippen LogP contribution in [0.3, 0.4) is 0 Å². The zero-order chi connectivity index (χ0) is 12.5. The predicted octanol–water partition coefficient (Wildman–Crippen LogP) is 1.86. The van der Waals surface area contributed by atoms with Crippen molar-refractivity contribution in [1.29, 1.82) is 0 Å².